The average Bonchev–Trinajstić information content (AvgIpc) is 3.16. The van der Waals surface area contributed by atoms with Crippen LogP contribution < -0.4 is 5.32 Å². The predicted octanol–water partition coefficient (Wildman–Crippen LogP) is 4.73. The zero-order valence-electron chi connectivity index (χ0n) is 15.0. The Balaban J connectivity index is 1.53. The smallest absolute Gasteiger partial charge is 0.259 e. The number of rotatable bonds is 6. The van der Waals surface area contributed by atoms with Crippen LogP contribution in [0.5, 0.6) is 0 Å². The molecule has 0 aliphatic rings. The predicted molar refractivity (Wildman–Crippen MR) is 111 cm³/mol. The molecule has 28 heavy (non-hydrogen) atoms. The van der Waals surface area contributed by atoms with E-state index < -0.39 is 0 Å². The lowest BCUT2D eigenvalue weighted by Gasteiger charge is -2.11. The van der Waals surface area contributed by atoms with Gasteiger partial charge in [-0.3, -0.25) is 4.79 Å². The third-order valence-electron chi connectivity index (χ3n) is 4.11. The van der Waals surface area contributed by atoms with Crippen molar-refractivity contribution in [1.82, 2.24) is 14.8 Å². The molecule has 0 saturated carbocycles. The van der Waals surface area contributed by atoms with Gasteiger partial charge in [0.1, 0.15) is 10.8 Å². The van der Waals surface area contributed by atoms with Gasteiger partial charge in [0.2, 0.25) is 0 Å². The summed E-state index contributed by atoms with van der Waals surface area (Å²) in [6.07, 6.45) is 3.38. The normalized spacial score (nSPS) is 10.6. The monoisotopic (exact) mass is 386 g/mol. The van der Waals surface area contributed by atoms with Crippen molar-refractivity contribution in [3.63, 3.8) is 0 Å². The quantitative estimate of drug-likeness (QED) is 0.520. The van der Waals surface area contributed by atoms with Gasteiger partial charge < -0.3 is 5.32 Å². The van der Waals surface area contributed by atoms with E-state index in [4.69, 9.17) is 0 Å². The Morgan fingerprint density at radius 3 is 2.43 bits per heavy atom. The molecule has 0 aliphatic heterocycles. The van der Waals surface area contributed by atoms with Crippen molar-refractivity contribution in [3.05, 3.63) is 102 Å². The zero-order valence-corrected chi connectivity index (χ0v) is 15.8. The van der Waals surface area contributed by atoms with Gasteiger partial charge in [0, 0.05) is 17.2 Å². The summed E-state index contributed by atoms with van der Waals surface area (Å²) in [7, 11) is 0. The van der Waals surface area contributed by atoms with Crippen molar-refractivity contribution >= 4 is 23.5 Å². The minimum Gasteiger partial charge on any atom is -0.307 e. The van der Waals surface area contributed by atoms with E-state index in [1.54, 1.807) is 35.3 Å². The highest BCUT2D eigenvalue weighted by atomic mass is 32.2. The summed E-state index contributed by atoms with van der Waals surface area (Å²) < 4.78 is 1.77. The molecule has 0 unspecified atom stereocenters. The summed E-state index contributed by atoms with van der Waals surface area (Å²) in [6, 6.07) is 25.2. The maximum Gasteiger partial charge on any atom is 0.259 e. The Morgan fingerprint density at radius 2 is 1.64 bits per heavy atom. The van der Waals surface area contributed by atoms with Gasteiger partial charge >= 0.3 is 0 Å². The molecule has 0 aliphatic carbocycles. The maximum atomic E-state index is 12.9. The number of pyridine rings is 1. The summed E-state index contributed by atoms with van der Waals surface area (Å²) in [6.45, 7) is 0.585. The highest BCUT2D eigenvalue weighted by Crippen LogP contribution is 2.28. The number of hydrogen-bond acceptors (Lipinski definition) is 4. The molecule has 0 radical (unpaired) electrons. The van der Waals surface area contributed by atoms with Gasteiger partial charge in [-0.15, -0.1) is 0 Å². The first-order valence-electron chi connectivity index (χ1n) is 8.84. The average molecular weight is 386 g/mol. The number of anilines is 1. The Morgan fingerprint density at radius 1 is 0.893 bits per heavy atom. The molecule has 2 aromatic carbocycles. The summed E-state index contributed by atoms with van der Waals surface area (Å²) in [5.74, 6) is 0.440. The van der Waals surface area contributed by atoms with E-state index in [9.17, 15) is 4.79 Å². The lowest BCUT2D eigenvalue weighted by Crippen LogP contribution is -2.17. The molecule has 0 saturated heterocycles. The van der Waals surface area contributed by atoms with Crippen LogP contribution in [-0.2, 0) is 6.54 Å². The van der Waals surface area contributed by atoms with Gasteiger partial charge in [-0.05, 0) is 29.8 Å². The molecule has 1 amide bonds. The summed E-state index contributed by atoms with van der Waals surface area (Å²) >= 11 is 1.47. The van der Waals surface area contributed by atoms with Crippen LogP contribution in [0.25, 0.3) is 0 Å². The molecule has 2 aromatic heterocycles. The molecule has 1 N–H and O–H groups in total. The molecule has 4 aromatic rings. The van der Waals surface area contributed by atoms with E-state index in [0.29, 0.717) is 23.0 Å². The Hall–Kier alpha value is -3.38. The van der Waals surface area contributed by atoms with Crippen LogP contribution in [-0.4, -0.2) is 20.7 Å². The van der Waals surface area contributed by atoms with Crippen molar-refractivity contribution in [2.75, 3.05) is 5.32 Å². The number of nitrogens with one attached hydrogen (secondary N) is 1. The van der Waals surface area contributed by atoms with Crippen LogP contribution in [0.1, 0.15) is 15.9 Å². The SMILES string of the molecule is O=C(Nc1ccnn1Cc1ccccc1)c1cccnc1Sc1ccccc1. The third kappa shape index (κ3) is 4.29. The molecular weight excluding hydrogens is 368 g/mol. The highest BCUT2D eigenvalue weighted by Gasteiger charge is 2.15. The van der Waals surface area contributed by atoms with Crippen LogP contribution in [0.2, 0.25) is 0 Å². The van der Waals surface area contributed by atoms with E-state index in [2.05, 4.69) is 15.4 Å². The van der Waals surface area contributed by atoms with Gasteiger partial charge in [0.25, 0.3) is 5.91 Å². The van der Waals surface area contributed by atoms with Crippen molar-refractivity contribution in [2.45, 2.75) is 16.5 Å². The first-order valence-corrected chi connectivity index (χ1v) is 9.66. The van der Waals surface area contributed by atoms with Gasteiger partial charge in [-0.2, -0.15) is 5.10 Å². The Kier molecular flexibility index (Phi) is 5.49. The van der Waals surface area contributed by atoms with E-state index >= 15 is 0 Å². The second-order valence-electron chi connectivity index (χ2n) is 6.09. The number of carbonyl (C=O) groups excluding carboxylic acids is 1. The third-order valence-corrected chi connectivity index (χ3v) is 5.13. The maximum absolute atomic E-state index is 12.9. The summed E-state index contributed by atoms with van der Waals surface area (Å²) in [4.78, 5) is 18.3. The lowest BCUT2D eigenvalue weighted by molar-refractivity contribution is 0.102. The topological polar surface area (TPSA) is 59.8 Å². The second-order valence-corrected chi connectivity index (χ2v) is 7.15. The fourth-order valence-electron chi connectivity index (χ4n) is 2.75. The molecule has 0 spiro atoms. The van der Waals surface area contributed by atoms with E-state index in [-0.39, 0.29) is 5.91 Å². The largest absolute Gasteiger partial charge is 0.307 e. The van der Waals surface area contributed by atoms with Crippen LogP contribution >= 0.6 is 11.8 Å². The molecule has 0 atom stereocenters. The van der Waals surface area contributed by atoms with Crippen molar-refractivity contribution in [2.24, 2.45) is 0 Å². The van der Waals surface area contributed by atoms with Crippen LogP contribution in [0.3, 0.4) is 0 Å². The van der Waals surface area contributed by atoms with Crippen LogP contribution in [0.15, 0.2) is 101 Å². The molecule has 5 nitrogen and oxygen atoms in total. The number of hydrogen-bond donors (Lipinski definition) is 1. The molecule has 6 heteroatoms. The minimum absolute atomic E-state index is 0.207. The summed E-state index contributed by atoms with van der Waals surface area (Å²) in [5, 5.41) is 7.96. The van der Waals surface area contributed by atoms with Gasteiger partial charge in [-0.25, -0.2) is 9.67 Å². The van der Waals surface area contributed by atoms with Gasteiger partial charge in [-0.1, -0.05) is 60.3 Å². The first kappa shape index (κ1) is 18.0. The van der Waals surface area contributed by atoms with Crippen molar-refractivity contribution < 1.29 is 4.79 Å². The standard InChI is InChI=1S/C22H18N4OS/c27-21(19-12-7-14-23-22(19)28-18-10-5-2-6-11-18)25-20-13-15-24-26(20)16-17-8-3-1-4-9-17/h1-15H,16H2,(H,25,27). The molecular formula is C22H18N4OS. The fourth-order valence-corrected chi connectivity index (χ4v) is 3.65. The van der Waals surface area contributed by atoms with E-state index in [0.717, 1.165) is 10.5 Å². The summed E-state index contributed by atoms with van der Waals surface area (Å²) in [5.41, 5.74) is 1.65. The Bertz CT molecular complexity index is 1060. The number of benzene rings is 2. The van der Waals surface area contributed by atoms with Gasteiger partial charge in [0.05, 0.1) is 18.3 Å². The highest BCUT2D eigenvalue weighted by molar-refractivity contribution is 7.99. The number of aromatic nitrogens is 3. The fraction of sp³-hybridized carbons (Fsp3) is 0.0455. The lowest BCUT2D eigenvalue weighted by atomic mass is 10.2. The molecule has 2 heterocycles. The second kappa shape index (κ2) is 8.54. The van der Waals surface area contributed by atoms with E-state index in [1.165, 1.54) is 11.8 Å². The van der Waals surface area contributed by atoms with Gasteiger partial charge in [0.15, 0.2) is 0 Å². The Labute approximate surface area is 167 Å². The van der Waals surface area contributed by atoms with Crippen molar-refractivity contribution in [3.8, 4) is 0 Å². The van der Waals surface area contributed by atoms with Crippen LogP contribution in [0.4, 0.5) is 5.82 Å². The molecule has 0 fully saturated rings. The molecule has 4 rings (SSSR count). The number of carbonyl (C=O) groups is 1. The minimum atomic E-state index is -0.207. The first-order chi connectivity index (χ1) is 13.8. The number of amides is 1. The van der Waals surface area contributed by atoms with E-state index in [1.807, 2.05) is 60.7 Å². The van der Waals surface area contributed by atoms with Crippen LogP contribution in [0, 0.1) is 0 Å². The van der Waals surface area contributed by atoms with Crippen molar-refractivity contribution in [1.29, 1.82) is 0 Å². The molecule has 138 valence electrons. The zero-order chi connectivity index (χ0) is 19.2. The number of nitrogens with zero attached hydrogens (tertiary/aromatic N) is 3. The molecule has 0 bridgehead atoms.